The molecular weight excluding hydrogens is 291 g/mol. The number of hydrogen-bond acceptors (Lipinski definition) is 5. The van der Waals surface area contributed by atoms with Gasteiger partial charge in [0.25, 0.3) is 0 Å². The van der Waals surface area contributed by atoms with Gasteiger partial charge in [-0.2, -0.15) is 18.2 Å². The standard InChI is InChI=1S/C12H12F3N3OS/c1-7-9(20-6-17-7)2-3-19-11-5-8(12(13,14)15)4-10(16)18-11/h4-6H,2-3H2,1H3,(H2,16,18). The smallest absolute Gasteiger partial charge is 0.416 e. The average Bonchev–Trinajstić information content (AvgIpc) is 2.73. The van der Waals surface area contributed by atoms with Crippen LogP contribution in [0.15, 0.2) is 17.6 Å². The monoisotopic (exact) mass is 303 g/mol. The van der Waals surface area contributed by atoms with Crippen molar-refractivity contribution in [1.29, 1.82) is 0 Å². The zero-order valence-electron chi connectivity index (χ0n) is 10.6. The summed E-state index contributed by atoms with van der Waals surface area (Å²) in [6.07, 6.45) is -3.90. The maximum atomic E-state index is 12.6. The molecule has 2 aromatic rings. The minimum atomic E-state index is -4.47. The van der Waals surface area contributed by atoms with E-state index in [9.17, 15) is 13.2 Å². The Kier molecular flexibility index (Phi) is 4.12. The number of nitrogens with two attached hydrogens (primary N) is 1. The molecule has 0 aliphatic carbocycles. The van der Waals surface area contributed by atoms with Crippen LogP contribution in [0.3, 0.4) is 0 Å². The third kappa shape index (κ3) is 3.60. The Morgan fingerprint density at radius 2 is 2.10 bits per heavy atom. The number of halogens is 3. The molecule has 0 aliphatic heterocycles. The molecule has 2 heterocycles. The maximum Gasteiger partial charge on any atom is 0.416 e. The highest BCUT2D eigenvalue weighted by Gasteiger charge is 2.31. The number of pyridine rings is 1. The fraction of sp³-hybridized carbons (Fsp3) is 0.333. The Morgan fingerprint density at radius 3 is 2.70 bits per heavy atom. The summed E-state index contributed by atoms with van der Waals surface area (Å²) >= 11 is 1.48. The van der Waals surface area contributed by atoms with Crippen LogP contribution in [0.25, 0.3) is 0 Å². The van der Waals surface area contributed by atoms with Gasteiger partial charge < -0.3 is 10.5 Å². The van der Waals surface area contributed by atoms with E-state index in [2.05, 4.69) is 9.97 Å². The number of hydrogen-bond donors (Lipinski definition) is 1. The number of nitrogen functional groups attached to an aromatic ring is 1. The van der Waals surface area contributed by atoms with Gasteiger partial charge >= 0.3 is 6.18 Å². The first kappa shape index (κ1) is 14.6. The van der Waals surface area contributed by atoms with E-state index in [1.807, 2.05) is 6.92 Å². The molecule has 20 heavy (non-hydrogen) atoms. The summed E-state index contributed by atoms with van der Waals surface area (Å²) < 4.78 is 43.0. The van der Waals surface area contributed by atoms with Crippen molar-refractivity contribution in [3.05, 3.63) is 33.8 Å². The topological polar surface area (TPSA) is 61.0 Å². The molecule has 0 aliphatic rings. The van der Waals surface area contributed by atoms with Crippen LogP contribution in [-0.2, 0) is 12.6 Å². The number of rotatable bonds is 4. The van der Waals surface area contributed by atoms with Crippen LogP contribution in [0.5, 0.6) is 5.88 Å². The summed E-state index contributed by atoms with van der Waals surface area (Å²) in [4.78, 5) is 8.85. The zero-order valence-corrected chi connectivity index (χ0v) is 11.4. The molecule has 0 saturated heterocycles. The molecule has 4 nitrogen and oxygen atoms in total. The Labute approximate surface area is 117 Å². The highest BCUT2D eigenvalue weighted by Crippen LogP contribution is 2.32. The number of anilines is 1. The van der Waals surface area contributed by atoms with Gasteiger partial charge in [-0.05, 0) is 13.0 Å². The van der Waals surface area contributed by atoms with E-state index in [1.165, 1.54) is 11.3 Å². The molecule has 0 aromatic carbocycles. The molecule has 8 heteroatoms. The second kappa shape index (κ2) is 5.66. The normalized spacial score (nSPS) is 11.6. The van der Waals surface area contributed by atoms with Crippen molar-refractivity contribution < 1.29 is 17.9 Å². The lowest BCUT2D eigenvalue weighted by Crippen LogP contribution is -2.09. The number of nitrogens with zero attached hydrogens (tertiary/aromatic N) is 2. The van der Waals surface area contributed by atoms with Crippen molar-refractivity contribution in [2.45, 2.75) is 19.5 Å². The van der Waals surface area contributed by atoms with E-state index in [-0.39, 0.29) is 18.3 Å². The Hall–Kier alpha value is -1.83. The van der Waals surface area contributed by atoms with Crippen molar-refractivity contribution in [2.75, 3.05) is 12.3 Å². The lowest BCUT2D eigenvalue weighted by Gasteiger charge is -2.10. The number of aromatic nitrogens is 2. The first-order valence-electron chi connectivity index (χ1n) is 5.73. The summed E-state index contributed by atoms with van der Waals surface area (Å²) in [6, 6.07) is 1.62. The molecule has 2 N–H and O–H groups in total. The van der Waals surface area contributed by atoms with E-state index in [1.54, 1.807) is 5.51 Å². The summed E-state index contributed by atoms with van der Waals surface area (Å²) in [5.74, 6) is -0.344. The SMILES string of the molecule is Cc1ncsc1CCOc1cc(C(F)(F)F)cc(N)n1. The first-order valence-corrected chi connectivity index (χ1v) is 6.61. The van der Waals surface area contributed by atoms with Crippen LogP contribution in [0.2, 0.25) is 0 Å². The third-order valence-electron chi connectivity index (χ3n) is 2.57. The van der Waals surface area contributed by atoms with Gasteiger partial charge in [-0.1, -0.05) is 0 Å². The van der Waals surface area contributed by atoms with Crippen molar-refractivity contribution in [2.24, 2.45) is 0 Å². The second-order valence-corrected chi connectivity index (χ2v) is 5.02. The lowest BCUT2D eigenvalue weighted by atomic mass is 10.2. The molecule has 0 fully saturated rings. The summed E-state index contributed by atoms with van der Waals surface area (Å²) in [5.41, 5.74) is 7.09. The third-order valence-corrected chi connectivity index (χ3v) is 3.57. The van der Waals surface area contributed by atoms with E-state index in [0.29, 0.717) is 6.42 Å². The Bertz CT molecular complexity index is 598. The van der Waals surface area contributed by atoms with Gasteiger partial charge in [0.1, 0.15) is 5.82 Å². The predicted octanol–water partition coefficient (Wildman–Crippen LogP) is 3.07. The van der Waals surface area contributed by atoms with Gasteiger partial charge in [0.2, 0.25) is 5.88 Å². The molecule has 0 radical (unpaired) electrons. The van der Waals surface area contributed by atoms with Crippen LogP contribution in [0.1, 0.15) is 16.1 Å². The average molecular weight is 303 g/mol. The van der Waals surface area contributed by atoms with Crippen LogP contribution in [-0.4, -0.2) is 16.6 Å². The number of ether oxygens (including phenoxy) is 1. The minimum absolute atomic E-state index is 0.125. The number of alkyl halides is 3. The fourth-order valence-corrected chi connectivity index (χ4v) is 2.34. The number of thiazole rings is 1. The summed E-state index contributed by atoms with van der Waals surface area (Å²) in [7, 11) is 0. The molecule has 0 saturated carbocycles. The summed E-state index contributed by atoms with van der Waals surface area (Å²) in [5, 5.41) is 0. The minimum Gasteiger partial charge on any atom is -0.477 e. The Morgan fingerprint density at radius 1 is 1.35 bits per heavy atom. The lowest BCUT2D eigenvalue weighted by molar-refractivity contribution is -0.137. The van der Waals surface area contributed by atoms with Crippen LogP contribution < -0.4 is 10.5 Å². The Balaban J connectivity index is 2.03. The van der Waals surface area contributed by atoms with Gasteiger partial charge in [0, 0.05) is 17.4 Å². The number of aryl methyl sites for hydroxylation is 1. The maximum absolute atomic E-state index is 12.6. The largest absolute Gasteiger partial charge is 0.477 e. The van der Waals surface area contributed by atoms with Crippen LogP contribution >= 0.6 is 11.3 Å². The molecule has 108 valence electrons. The van der Waals surface area contributed by atoms with E-state index in [0.717, 1.165) is 22.7 Å². The highest BCUT2D eigenvalue weighted by atomic mass is 32.1. The van der Waals surface area contributed by atoms with Crippen LogP contribution in [0.4, 0.5) is 19.0 Å². The van der Waals surface area contributed by atoms with Crippen molar-refractivity contribution in [3.63, 3.8) is 0 Å². The predicted molar refractivity (Wildman–Crippen MR) is 69.7 cm³/mol. The molecule has 0 amide bonds. The van der Waals surface area contributed by atoms with Gasteiger partial charge in [0.15, 0.2) is 0 Å². The molecule has 0 bridgehead atoms. The van der Waals surface area contributed by atoms with Crippen molar-refractivity contribution in [3.8, 4) is 5.88 Å². The van der Waals surface area contributed by atoms with Gasteiger partial charge in [-0.3, -0.25) is 0 Å². The zero-order chi connectivity index (χ0) is 14.8. The first-order chi connectivity index (χ1) is 9.36. The molecule has 0 atom stereocenters. The second-order valence-electron chi connectivity index (χ2n) is 4.08. The van der Waals surface area contributed by atoms with Gasteiger partial charge in [0.05, 0.1) is 23.4 Å². The highest BCUT2D eigenvalue weighted by molar-refractivity contribution is 7.09. The van der Waals surface area contributed by atoms with Crippen LogP contribution in [0, 0.1) is 6.92 Å². The van der Waals surface area contributed by atoms with E-state index >= 15 is 0 Å². The fourth-order valence-electron chi connectivity index (χ4n) is 1.58. The molecule has 0 unspecified atom stereocenters. The molecule has 2 aromatic heterocycles. The summed E-state index contributed by atoms with van der Waals surface area (Å²) in [6.45, 7) is 2.09. The molecule has 0 spiro atoms. The molecular formula is C12H12F3N3OS. The quantitative estimate of drug-likeness (QED) is 0.943. The van der Waals surface area contributed by atoms with Gasteiger partial charge in [-0.15, -0.1) is 11.3 Å². The van der Waals surface area contributed by atoms with Crippen molar-refractivity contribution in [1.82, 2.24) is 9.97 Å². The van der Waals surface area contributed by atoms with Crippen molar-refractivity contribution >= 4 is 17.2 Å². The molecule has 2 rings (SSSR count). The van der Waals surface area contributed by atoms with E-state index < -0.39 is 11.7 Å². The van der Waals surface area contributed by atoms with Gasteiger partial charge in [-0.25, -0.2) is 4.98 Å². The van der Waals surface area contributed by atoms with E-state index in [4.69, 9.17) is 10.5 Å².